The van der Waals surface area contributed by atoms with Crippen molar-refractivity contribution >= 4 is 34.7 Å². The molecule has 2 N–H and O–H groups in total. The molecule has 0 bridgehead atoms. The average molecular weight is 498 g/mol. The van der Waals surface area contributed by atoms with Crippen LogP contribution in [0.2, 0.25) is 0 Å². The van der Waals surface area contributed by atoms with Gasteiger partial charge in [-0.05, 0) is 31.2 Å². The molecule has 10 nitrogen and oxygen atoms in total. The lowest BCUT2D eigenvalue weighted by atomic mass is 9.99. The Morgan fingerprint density at radius 2 is 1.65 bits per heavy atom. The SMILES string of the molecule is CC(=O)OCC1O[C@@H](S/C(CCCCc2ccccc2)=N\O)C(OC(C)=O)[C@H](OC(C)=O)C1O. The zero-order valence-corrected chi connectivity index (χ0v) is 20.2. The van der Waals surface area contributed by atoms with Gasteiger partial charge in [0.15, 0.2) is 12.2 Å². The molecule has 1 aromatic rings. The summed E-state index contributed by atoms with van der Waals surface area (Å²) in [6, 6.07) is 9.98. The lowest BCUT2D eigenvalue weighted by molar-refractivity contribution is -0.230. The maximum absolute atomic E-state index is 11.7. The maximum Gasteiger partial charge on any atom is 0.303 e. The first-order valence-corrected chi connectivity index (χ1v) is 11.8. The largest absolute Gasteiger partial charge is 0.463 e. The number of aliphatic hydroxyl groups is 1. The highest BCUT2D eigenvalue weighted by atomic mass is 32.2. The molecule has 0 aliphatic carbocycles. The summed E-state index contributed by atoms with van der Waals surface area (Å²) in [5, 5.41) is 23.9. The number of ether oxygens (including phenoxy) is 4. The van der Waals surface area contributed by atoms with Crippen molar-refractivity contribution in [2.45, 2.75) is 76.3 Å². The van der Waals surface area contributed by atoms with Crippen LogP contribution >= 0.6 is 11.8 Å². The second kappa shape index (κ2) is 13.9. The standard InChI is InChI=1S/C23H31NO9S/c1-14(25)30-13-18-20(28)21(31-15(2)26)22(32-16(3)27)23(33-18)34-19(24-29)12-8-7-11-17-9-5-4-6-10-17/h4-6,9-10,18,20-23,28-29H,7-8,11-13H2,1-3H3/b24-19-/t18?,20?,21-,22?,23+/m1/s1. The van der Waals surface area contributed by atoms with Crippen LogP contribution in [0.3, 0.4) is 0 Å². The summed E-state index contributed by atoms with van der Waals surface area (Å²) in [6.07, 6.45) is -2.07. The Morgan fingerprint density at radius 3 is 2.24 bits per heavy atom. The minimum atomic E-state index is -1.43. The van der Waals surface area contributed by atoms with Gasteiger partial charge in [0.2, 0.25) is 0 Å². The lowest BCUT2D eigenvalue weighted by Crippen LogP contribution is -2.60. The molecule has 1 heterocycles. The van der Waals surface area contributed by atoms with E-state index in [9.17, 15) is 24.7 Å². The molecule has 188 valence electrons. The molecule has 0 radical (unpaired) electrons. The van der Waals surface area contributed by atoms with E-state index in [0.29, 0.717) is 11.5 Å². The van der Waals surface area contributed by atoms with Crippen molar-refractivity contribution in [3.63, 3.8) is 0 Å². The molecule has 0 spiro atoms. The summed E-state index contributed by atoms with van der Waals surface area (Å²) in [4.78, 5) is 34.6. The third kappa shape index (κ3) is 8.96. The molecule has 1 aliphatic heterocycles. The second-order valence-corrected chi connectivity index (χ2v) is 8.96. The van der Waals surface area contributed by atoms with Crippen LogP contribution in [0.1, 0.15) is 45.6 Å². The summed E-state index contributed by atoms with van der Waals surface area (Å²) in [6.45, 7) is 3.23. The number of carbonyl (C=O) groups is 3. The van der Waals surface area contributed by atoms with Crippen molar-refractivity contribution in [2.24, 2.45) is 5.16 Å². The molecule has 3 unspecified atom stereocenters. The van der Waals surface area contributed by atoms with Gasteiger partial charge >= 0.3 is 17.9 Å². The quantitative estimate of drug-likeness (QED) is 0.0941. The summed E-state index contributed by atoms with van der Waals surface area (Å²) in [5.41, 5.74) is 0.215. The molecule has 34 heavy (non-hydrogen) atoms. The summed E-state index contributed by atoms with van der Waals surface area (Å²) < 4.78 is 21.4. The Kier molecular flexibility index (Phi) is 11.3. The van der Waals surface area contributed by atoms with Crippen LogP contribution in [0.25, 0.3) is 0 Å². The van der Waals surface area contributed by atoms with Gasteiger partial charge in [-0.3, -0.25) is 14.4 Å². The predicted molar refractivity (Wildman–Crippen MR) is 123 cm³/mol. The van der Waals surface area contributed by atoms with E-state index in [-0.39, 0.29) is 6.61 Å². The zero-order valence-electron chi connectivity index (χ0n) is 19.4. The van der Waals surface area contributed by atoms with Gasteiger partial charge in [-0.25, -0.2) is 0 Å². The Balaban J connectivity index is 2.10. The van der Waals surface area contributed by atoms with Gasteiger partial charge in [0.1, 0.15) is 29.3 Å². The minimum Gasteiger partial charge on any atom is -0.463 e. The Morgan fingerprint density at radius 1 is 1.00 bits per heavy atom. The first-order chi connectivity index (χ1) is 16.2. The van der Waals surface area contributed by atoms with Crippen molar-refractivity contribution in [2.75, 3.05) is 6.61 Å². The van der Waals surface area contributed by atoms with E-state index in [0.717, 1.165) is 37.9 Å². The number of rotatable bonds is 10. The fourth-order valence-electron chi connectivity index (χ4n) is 3.48. The smallest absolute Gasteiger partial charge is 0.303 e. The van der Waals surface area contributed by atoms with Crippen LogP contribution in [0, 0.1) is 0 Å². The van der Waals surface area contributed by atoms with Crippen LogP contribution in [0.4, 0.5) is 0 Å². The van der Waals surface area contributed by atoms with Gasteiger partial charge in [-0.1, -0.05) is 47.2 Å². The maximum atomic E-state index is 11.7. The van der Waals surface area contributed by atoms with Crippen LogP contribution in [0.5, 0.6) is 0 Å². The van der Waals surface area contributed by atoms with E-state index in [4.69, 9.17) is 18.9 Å². The molecular formula is C23H31NO9S. The number of thioether (sulfide) groups is 1. The van der Waals surface area contributed by atoms with E-state index in [2.05, 4.69) is 5.16 Å². The van der Waals surface area contributed by atoms with Crippen molar-refractivity contribution in [1.29, 1.82) is 0 Å². The third-order valence-corrected chi connectivity index (χ3v) is 6.16. The summed E-state index contributed by atoms with van der Waals surface area (Å²) in [5.74, 6) is -1.95. The fourth-order valence-corrected chi connectivity index (χ4v) is 4.60. The van der Waals surface area contributed by atoms with E-state index in [1.54, 1.807) is 0 Å². The molecule has 11 heteroatoms. The molecule has 1 fully saturated rings. The Hall–Kier alpha value is -2.63. The zero-order chi connectivity index (χ0) is 25.1. The first-order valence-electron chi connectivity index (χ1n) is 10.9. The van der Waals surface area contributed by atoms with Crippen LogP contribution < -0.4 is 0 Å². The number of oxime groups is 1. The van der Waals surface area contributed by atoms with Gasteiger partial charge in [0.25, 0.3) is 0 Å². The van der Waals surface area contributed by atoms with Crippen molar-refractivity contribution < 1.29 is 43.6 Å². The number of esters is 3. The average Bonchev–Trinajstić information content (AvgIpc) is 2.78. The highest BCUT2D eigenvalue weighted by Crippen LogP contribution is 2.34. The van der Waals surface area contributed by atoms with Crippen LogP contribution in [-0.4, -0.2) is 69.7 Å². The normalized spacial score (nSPS) is 24.8. The number of aliphatic hydroxyl groups excluding tert-OH is 1. The molecule has 2 rings (SSSR count). The number of hydrogen-bond donors (Lipinski definition) is 2. The monoisotopic (exact) mass is 497 g/mol. The molecular weight excluding hydrogens is 466 g/mol. The number of hydrogen-bond acceptors (Lipinski definition) is 11. The third-order valence-electron chi connectivity index (χ3n) is 4.99. The predicted octanol–water partition coefficient (Wildman–Crippen LogP) is 2.43. The minimum absolute atomic E-state index is 0.305. The number of aryl methyl sites for hydroxylation is 1. The molecule has 0 aromatic heterocycles. The summed E-state index contributed by atoms with van der Waals surface area (Å²) in [7, 11) is 0. The molecule has 1 aliphatic rings. The van der Waals surface area contributed by atoms with E-state index >= 15 is 0 Å². The second-order valence-electron chi connectivity index (χ2n) is 7.79. The van der Waals surface area contributed by atoms with Crippen molar-refractivity contribution in [1.82, 2.24) is 0 Å². The van der Waals surface area contributed by atoms with E-state index < -0.39 is 47.8 Å². The molecule has 0 saturated carbocycles. The lowest BCUT2D eigenvalue weighted by Gasteiger charge is -2.42. The fraction of sp³-hybridized carbons (Fsp3) is 0.565. The van der Waals surface area contributed by atoms with E-state index in [1.807, 2.05) is 30.3 Å². The number of unbranched alkanes of at least 4 members (excludes halogenated alkanes) is 1. The van der Waals surface area contributed by atoms with Gasteiger partial charge < -0.3 is 29.3 Å². The highest BCUT2D eigenvalue weighted by molar-refractivity contribution is 8.14. The Bertz CT molecular complexity index is 848. The Labute approximate surface area is 202 Å². The van der Waals surface area contributed by atoms with Gasteiger partial charge in [0, 0.05) is 20.8 Å². The molecule has 0 amide bonds. The topological polar surface area (TPSA) is 141 Å². The molecule has 5 atom stereocenters. The van der Waals surface area contributed by atoms with Crippen molar-refractivity contribution in [3.05, 3.63) is 35.9 Å². The molecule has 1 aromatic carbocycles. The van der Waals surface area contributed by atoms with Gasteiger partial charge in [-0.2, -0.15) is 0 Å². The number of nitrogens with zero attached hydrogens (tertiary/aromatic N) is 1. The number of benzene rings is 1. The van der Waals surface area contributed by atoms with Gasteiger partial charge in [0.05, 0.1) is 0 Å². The highest BCUT2D eigenvalue weighted by Gasteiger charge is 2.50. The van der Waals surface area contributed by atoms with Crippen LogP contribution in [0.15, 0.2) is 35.5 Å². The van der Waals surface area contributed by atoms with Crippen LogP contribution in [-0.2, 0) is 39.8 Å². The van der Waals surface area contributed by atoms with Crippen molar-refractivity contribution in [3.8, 4) is 0 Å². The van der Waals surface area contributed by atoms with Gasteiger partial charge in [-0.15, -0.1) is 0 Å². The summed E-state index contributed by atoms with van der Waals surface area (Å²) >= 11 is 0.991. The number of carbonyl (C=O) groups excluding carboxylic acids is 3. The van der Waals surface area contributed by atoms with E-state index in [1.165, 1.54) is 19.4 Å². The first kappa shape index (κ1) is 27.6. The molecule has 1 saturated heterocycles.